The highest BCUT2D eigenvalue weighted by atomic mass is 16.3. The zero-order valence-electron chi connectivity index (χ0n) is 20.8. The summed E-state index contributed by atoms with van der Waals surface area (Å²) in [4.78, 5) is 62.2. The van der Waals surface area contributed by atoms with Crippen molar-refractivity contribution in [2.45, 2.75) is 71.9 Å². The van der Waals surface area contributed by atoms with E-state index >= 15 is 0 Å². The summed E-state index contributed by atoms with van der Waals surface area (Å²) in [7, 11) is 0. The Morgan fingerprint density at radius 1 is 0.914 bits per heavy atom. The van der Waals surface area contributed by atoms with Crippen LogP contribution in [0.25, 0.3) is 0 Å². The van der Waals surface area contributed by atoms with Gasteiger partial charge in [0.05, 0.1) is 12.6 Å². The first-order valence-electron chi connectivity index (χ1n) is 12.2. The lowest BCUT2D eigenvalue weighted by Gasteiger charge is -2.22. The molecule has 0 saturated heterocycles. The molecule has 1 aromatic rings. The number of aliphatic hydroxyl groups excluding tert-OH is 1. The molecule has 3 amide bonds. The number of ketones is 2. The number of Topliss-reactive ketones (excluding diaryl/α,β-unsaturated/α-hetero) is 2. The number of nitrogens with zero attached hydrogens (tertiary/aromatic N) is 1. The van der Waals surface area contributed by atoms with Gasteiger partial charge < -0.3 is 10.4 Å². The largest absolute Gasteiger partial charge is 0.392 e. The second-order valence-corrected chi connectivity index (χ2v) is 9.41. The number of amides is 3. The third-order valence-corrected chi connectivity index (χ3v) is 6.25. The van der Waals surface area contributed by atoms with Gasteiger partial charge >= 0.3 is 0 Å². The van der Waals surface area contributed by atoms with E-state index in [-0.39, 0.29) is 54.7 Å². The standard InChI is InChI=1S/C27H36N2O6/c1-18(2)23(16-22(31)7-5-4-6-14-29-25(33)12-13-26(29)34)27(35)28-19(3)24(32)15-20-8-10-21(17-30)11-9-20/h8-13,18-19,23,30H,4-7,14-17H2,1-3H3,(H,28,35)/t19-,23-/m0/s1. The molecular formula is C27H36N2O6. The highest BCUT2D eigenvalue weighted by Crippen LogP contribution is 2.19. The molecule has 190 valence electrons. The normalized spacial score (nSPS) is 14.9. The van der Waals surface area contributed by atoms with Crippen LogP contribution in [0.3, 0.4) is 0 Å². The van der Waals surface area contributed by atoms with Crippen LogP contribution in [0.1, 0.15) is 64.0 Å². The average Bonchev–Trinajstić information content (AvgIpc) is 3.14. The highest BCUT2D eigenvalue weighted by molar-refractivity contribution is 6.12. The molecular weight excluding hydrogens is 448 g/mol. The number of hydrogen-bond acceptors (Lipinski definition) is 6. The van der Waals surface area contributed by atoms with Crippen LogP contribution in [-0.2, 0) is 37.0 Å². The third kappa shape index (κ3) is 8.87. The number of benzene rings is 1. The SMILES string of the molecule is CC(C)[C@H](CC(=O)CCCCCN1C(=O)C=CC1=O)C(=O)N[C@@H](C)C(=O)Cc1ccc(CO)cc1. The topological polar surface area (TPSA) is 121 Å². The molecule has 0 aromatic heterocycles. The van der Waals surface area contributed by atoms with E-state index in [1.807, 2.05) is 13.8 Å². The molecule has 0 saturated carbocycles. The molecule has 1 heterocycles. The number of hydrogen-bond donors (Lipinski definition) is 2. The lowest BCUT2D eigenvalue weighted by Crippen LogP contribution is -2.44. The van der Waals surface area contributed by atoms with Crippen molar-refractivity contribution in [3.05, 3.63) is 47.5 Å². The molecule has 8 heteroatoms. The van der Waals surface area contributed by atoms with Crippen molar-refractivity contribution in [1.29, 1.82) is 0 Å². The van der Waals surface area contributed by atoms with Crippen molar-refractivity contribution >= 4 is 29.3 Å². The van der Waals surface area contributed by atoms with Crippen molar-refractivity contribution in [2.24, 2.45) is 11.8 Å². The molecule has 1 aromatic carbocycles. The minimum Gasteiger partial charge on any atom is -0.392 e. The Balaban J connectivity index is 1.75. The summed E-state index contributed by atoms with van der Waals surface area (Å²) < 4.78 is 0. The fourth-order valence-electron chi connectivity index (χ4n) is 3.92. The van der Waals surface area contributed by atoms with Crippen LogP contribution >= 0.6 is 0 Å². The van der Waals surface area contributed by atoms with Crippen molar-refractivity contribution in [3.8, 4) is 0 Å². The summed E-state index contributed by atoms with van der Waals surface area (Å²) in [6.07, 6.45) is 5.07. The molecule has 0 bridgehead atoms. The molecule has 8 nitrogen and oxygen atoms in total. The molecule has 2 atom stereocenters. The van der Waals surface area contributed by atoms with Gasteiger partial charge in [0.2, 0.25) is 5.91 Å². The Labute approximate surface area is 206 Å². The number of nitrogens with one attached hydrogen (secondary N) is 1. The van der Waals surface area contributed by atoms with Gasteiger partial charge in [0.1, 0.15) is 5.78 Å². The fourth-order valence-corrected chi connectivity index (χ4v) is 3.92. The number of carbonyl (C=O) groups is 5. The average molecular weight is 485 g/mol. The van der Waals surface area contributed by atoms with Gasteiger partial charge in [0.15, 0.2) is 5.78 Å². The summed E-state index contributed by atoms with van der Waals surface area (Å²) >= 11 is 0. The van der Waals surface area contributed by atoms with E-state index in [2.05, 4.69) is 5.32 Å². The predicted molar refractivity (Wildman–Crippen MR) is 131 cm³/mol. The maximum absolute atomic E-state index is 12.8. The number of aliphatic hydroxyl groups is 1. The first-order chi connectivity index (χ1) is 16.6. The van der Waals surface area contributed by atoms with Gasteiger partial charge in [-0.05, 0) is 36.8 Å². The maximum Gasteiger partial charge on any atom is 0.253 e. The number of rotatable bonds is 15. The van der Waals surface area contributed by atoms with Crippen LogP contribution in [0, 0.1) is 11.8 Å². The van der Waals surface area contributed by atoms with Crippen LogP contribution in [0.4, 0.5) is 0 Å². The van der Waals surface area contributed by atoms with Crippen molar-refractivity contribution in [1.82, 2.24) is 10.2 Å². The van der Waals surface area contributed by atoms with Crippen LogP contribution in [0.15, 0.2) is 36.4 Å². The Kier molecular flexibility index (Phi) is 11.0. The molecule has 0 unspecified atom stereocenters. The van der Waals surface area contributed by atoms with Crippen molar-refractivity contribution < 1.29 is 29.1 Å². The molecule has 2 N–H and O–H groups in total. The lowest BCUT2D eigenvalue weighted by molar-refractivity contribution is -0.137. The lowest BCUT2D eigenvalue weighted by atomic mass is 9.88. The predicted octanol–water partition coefficient (Wildman–Crippen LogP) is 2.51. The fraction of sp³-hybridized carbons (Fsp3) is 0.519. The van der Waals surface area contributed by atoms with Crippen molar-refractivity contribution in [2.75, 3.05) is 6.54 Å². The van der Waals surface area contributed by atoms with Gasteiger partial charge in [0, 0.05) is 43.9 Å². The smallest absolute Gasteiger partial charge is 0.253 e. The minimum absolute atomic E-state index is 0.0169. The van der Waals surface area contributed by atoms with Crippen molar-refractivity contribution in [3.63, 3.8) is 0 Å². The Morgan fingerprint density at radius 3 is 2.09 bits per heavy atom. The van der Waals surface area contributed by atoms with Gasteiger partial charge in [-0.3, -0.25) is 28.9 Å². The highest BCUT2D eigenvalue weighted by Gasteiger charge is 2.27. The first kappa shape index (κ1) is 28.1. The Hall–Kier alpha value is -3.13. The second-order valence-electron chi connectivity index (χ2n) is 9.41. The summed E-state index contributed by atoms with van der Waals surface area (Å²) in [6, 6.07) is 6.41. The Morgan fingerprint density at radius 2 is 1.51 bits per heavy atom. The summed E-state index contributed by atoms with van der Waals surface area (Å²) in [6.45, 7) is 5.68. The third-order valence-electron chi connectivity index (χ3n) is 6.25. The zero-order chi connectivity index (χ0) is 26.0. The van der Waals surface area contributed by atoms with Gasteiger partial charge in [-0.15, -0.1) is 0 Å². The summed E-state index contributed by atoms with van der Waals surface area (Å²) in [5, 5.41) is 11.9. The summed E-state index contributed by atoms with van der Waals surface area (Å²) in [5.74, 6) is -1.64. The van der Waals surface area contributed by atoms with Gasteiger partial charge in [-0.25, -0.2) is 0 Å². The maximum atomic E-state index is 12.8. The van der Waals surface area contributed by atoms with E-state index in [0.717, 1.165) is 11.1 Å². The van der Waals surface area contributed by atoms with Gasteiger partial charge in [-0.2, -0.15) is 0 Å². The van der Waals surface area contributed by atoms with E-state index in [9.17, 15) is 24.0 Å². The number of carbonyl (C=O) groups excluding carboxylic acids is 5. The molecule has 1 aliphatic rings. The number of unbranched alkanes of at least 4 members (excludes halogenated alkanes) is 2. The van der Waals surface area contributed by atoms with Gasteiger partial charge in [-0.1, -0.05) is 44.5 Å². The van der Waals surface area contributed by atoms with E-state index in [1.54, 1.807) is 31.2 Å². The molecule has 0 fully saturated rings. The van der Waals surface area contributed by atoms with E-state index in [0.29, 0.717) is 32.2 Å². The summed E-state index contributed by atoms with van der Waals surface area (Å²) in [5.41, 5.74) is 1.57. The van der Waals surface area contributed by atoms with Crippen LogP contribution in [0.2, 0.25) is 0 Å². The molecule has 2 rings (SSSR count). The quantitative estimate of drug-likeness (QED) is 0.291. The zero-order valence-corrected chi connectivity index (χ0v) is 20.8. The molecule has 0 spiro atoms. The molecule has 0 radical (unpaired) electrons. The van der Waals surface area contributed by atoms with E-state index in [4.69, 9.17) is 5.11 Å². The molecule has 35 heavy (non-hydrogen) atoms. The second kappa shape index (κ2) is 13.7. The van der Waals surface area contributed by atoms with Crippen LogP contribution in [0.5, 0.6) is 0 Å². The van der Waals surface area contributed by atoms with Crippen LogP contribution < -0.4 is 5.32 Å². The first-order valence-corrected chi connectivity index (χ1v) is 12.2. The minimum atomic E-state index is -0.679. The van der Waals surface area contributed by atoms with E-state index in [1.165, 1.54) is 17.1 Å². The monoisotopic (exact) mass is 484 g/mol. The van der Waals surface area contributed by atoms with Crippen LogP contribution in [-0.4, -0.2) is 51.9 Å². The molecule has 1 aliphatic heterocycles. The molecule has 0 aliphatic carbocycles. The van der Waals surface area contributed by atoms with E-state index < -0.39 is 12.0 Å². The van der Waals surface area contributed by atoms with Gasteiger partial charge in [0.25, 0.3) is 11.8 Å². The Bertz CT molecular complexity index is 933. The number of imide groups is 1.